The molecule has 21 heavy (non-hydrogen) atoms. The van der Waals surface area contributed by atoms with Gasteiger partial charge in [-0.3, -0.25) is 0 Å². The highest BCUT2D eigenvalue weighted by Crippen LogP contribution is 2.52. The van der Waals surface area contributed by atoms with Crippen molar-refractivity contribution in [1.82, 2.24) is 0 Å². The molecule has 0 N–H and O–H groups in total. The van der Waals surface area contributed by atoms with Gasteiger partial charge in [0.1, 0.15) is 12.9 Å². The molecular weight excluding hydrogens is 265 g/mol. The van der Waals surface area contributed by atoms with Crippen molar-refractivity contribution in [3.8, 4) is 0 Å². The van der Waals surface area contributed by atoms with Crippen LogP contribution in [0.15, 0.2) is 29.4 Å². The average Bonchev–Trinajstić information content (AvgIpc) is 2.88. The first kappa shape index (κ1) is 14.6. The van der Waals surface area contributed by atoms with Crippen LogP contribution in [0.2, 0.25) is 0 Å². The lowest BCUT2D eigenvalue weighted by Gasteiger charge is -2.37. The minimum absolute atomic E-state index is 0.157. The van der Waals surface area contributed by atoms with E-state index in [2.05, 4.69) is 12.1 Å². The Hall–Kier alpha value is -1.38. The van der Waals surface area contributed by atoms with Gasteiger partial charge in [-0.15, -0.1) is 0 Å². The molecule has 0 spiro atoms. The minimum atomic E-state index is -0.157. The Kier molecular flexibility index (Phi) is 4.27. The Bertz CT molecular complexity index is 510. The van der Waals surface area contributed by atoms with E-state index in [-0.39, 0.29) is 5.82 Å². The Labute approximate surface area is 126 Å². The fourth-order valence-corrected chi connectivity index (χ4v) is 4.52. The number of hydrogen-bond acceptors (Lipinski definition) is 2. The first-order valence-electron chi connectivity index (χ1n) is 8.08. The third kappa shape index (κ3) is 2.83. The van der Waals surface area contributed by atoms with E-state index in [1.165, 1.54) is 37.0 Å². The van der Waals surface area contributed by atoms with Crippen molar-refractivity contribution in [2.75, 3.05) is 7.11 Å². The van der Waals surface area contributed by atoms with Gasteiger partial charge in [0.15, 0.2) is 0 Å². The molecule has 2 fully saturated rings. The molecule has 0 aromatic heterocycles. The van der Waals surface area contributed by atoms with Gasteiger partial charge in [0.05, 0.1) is 5.71 Å². The topological polar surface area (TPSA) is 21.6 Å². The number of halogens is 1. The van der Waals surface area contributed by atoms with Crippen molar-refractivity contribution in [1.29, 1.82) is 0 Å². The Morgan fingerprint density at radius 1 is 1.24 bits per heavy atom. The standard InChI is InChI=1S/C18H24FNO/c1-3-17(20-21-2)18-14-5-4-12(10-14)11-16(18)13-6-8-15(19)9-7-13/h6-9,12,14,16,18H,3-5,10-11H2,1-2H3/t12?,14-,16+,18+/m0/s1. The molecule has 2 nitrogen and oxygen atoms in total. The van der Waals surface area contributed by atoms with Crippen LogP contribution in [-0.2, 0) is 4.84 Å². The van der Waals surface area contributed by atoms with Crippen molar-refractivity contribution in [2.45, 2.75) is 44.9 Å². The molecule has 1 aromatic carbocycles. The molecule has 0 heterocycles. The van der Waals surface area contributed by atoms with Gasteiger partial charge in [-0.25, -0.2) is 4.39 Å². The predicted octanol–water partition coefficient (Wildman–Crippen LogP) is 4.76. The second kappa shape index (κ2) is 6.17. The van der Waals surface area contributed by atoms with Crippen LogP contribution in [0.3, 0.4) is 0 Å². The van der Waals surface area contributed by atoms with Crippen molar-refractivity contribution >= 4 is 5.71 Å². The Morgan fingerprint density at radius 2 is 2.00 bits per heavy atom. The van der Waals surface area contributed by atoms with Gasteiger partial charge >= 0.3 is 0 Å². The molecule has 2 aliphatic rings. The lowest BCUT2D eigenvalue weighted by Crippen LogP contribution is -2.32. The summed E-state index contributed by atoms with van der Waals surface area (Å²) in [6.45, 7) is 2.15. The second-order valence-corrected chi connectivity index (χ2v) is 6.48. The number of hydrogen-bond donors (Lipinski definition) is 0. The summed E-state index contributed by atoms with van der Waals surface area (Å²) in [5, 5.41) is 4.32. The molecule has 0 amide bonds. The molecular formula is C18H24FNO. The minimum Gasteiger partial charge on any atom is -0.399 e. The number of benzene rings is 1. The molecule has 4 atom stereocenters. The summed E-state index contributed by atoms with van der Waals surface area (Å²) in [6.07, 6.45) is 6.09. The van der Waals surface area contributed by atoms with E-state index in [0.717, 1.165) is 12.3 Å². The molecule has 0 saturated heterocycles. The van der Waals surface area contributed by atoms with Crippen LogP contribution in [0.25, 0.3) is 0 Å². The lowest BCUT2D eigenvalue weighted by atomic mass is 9.67. The van der Waals surface area contributed by atoms with Gasteiger partial charge in [0.2, 0.25) is 0 Å². The van der Waals surface area contributed by atoms with Crippen molar-refractivity contribution in [3.05, 3.63) is 35.6 Å². The number of oxime groups is 1. The summed E-state index contributed by atoms with van der Waals surface area (Å²) in [6, 6.07) is 7.08. The van der Waals surface area contributed by atoms with Gasteiger partial charge < -0.3 is 4.84 Å². The lowest BCUT2D eigenvalue weighted by molar-refractivity contribution is 0.200. The molecule has 3 rings (SSSR count). The zero-order valence-electron chi connectivity index (χ0n) is 12.9. The molecule has 1 aromatic rings. The molecule has 114 valence electrons. The summed E-state index contributed by atoms with van der Waals surface area (Å²) in [4.78, 5) is 5.09. The summed E-state index contributed by atoms with van der Waals surface area (Å²) < 4.78 is 13.2. The highest BCUT2D eigenvalue weighted by Gasteiger charge is 2.44. The summed E-state index contributed by atoms with van der Waals surface area (Å²) in [5.41, 5.74) is 2.44. The number of rotatable bonds is 4. The maximum atomic E-state index is 13.2. The molecule has 0 radical (unpaired) electrons. The van der Waals surface area contributed by atoms with E-state index < -0.39 is 0 Å². The summed E-state index contributed by atoms with van der Waals surface area (Å²) >= 11 is 0. The van der Waals surface area contributed by atoms with Gasteiger partial charge in [0.25, 0.3) is 0 Å². The van der Waals surface area contributed by atoms with E-state index in [9.17, 15) is 4.39 Å². The zero-order chi connectivity index (χ0) is 14.8. The molecule has 0 aliphatic heterocycles. The van der Waals surface area contributed by atoms with Crippen molar-refractivity contribution in [2.24, 2.45) is 22.9 Å². The smallest absolute Gasteiger partial charge is 0.123 e. The fourth-order valence-electron chi connectivity index (χ4n) is 4.52. The van der Waals surface area contributed by atoms with Crippen molar-refractivity contribution in [3.63, 3.8) is 0 Å². The third-order valence-corrected chi connectivity index (χ3v) is 5.36. The van der Waals surface area contributed by atoms with Crippen LogP contribution >= 0.6 is 0 Å². The molecule has 1 unspecified atom stereocenters. The number of nitrogens with zero attached hydrogens (tertiary/aromatic N) is 1. The maximum Gasteiger partial charge on any atom is 0.123 e. The number of fused-ring (bicyclic) bond motifs is 2. The van der Waals surface area contributed by atoms with E-state index in [1.807, 2.05) is 12.1 Å². The first-order valence-corrected chi connectivity index (χ1v) is 8.08. The van der Waals surface area contributed by atoms with Gasteiger partial charge in [0, 0.05) is 5.92 Å². The highest BCUT2D eigenvalue weighted by molar-refractivity contribution is 5.87. The van der Waals surface area contributed by atoms with Gasteiger partial charge in [-0.1, -0.05) is 30.6 Å². The SMILES string of the molecule is CCC(=NOC)[C@@H]1[C@H]2CCC(C2)C[C@@H]1c1ccc(F)cc1. The summed E-state index contributed by atoms with van der Waals surface area (Å²) in [7, 11) is 1.63. The zero-order valence-corrected chi connectivity index (χ0v) is 12.9. The maximum absolute atomic E-state index is 13.2. The second-order valence-electron chi connectivity index (χ2n) is 6.48. The quantitative estimate of drug-likeness (QED) is 0.578. The largest absolute Gasteiger partial charge is 0.399 e. The van der Waals surface area contributed by atoms with Crippen LogP contribution in [0.4, 0.5) is 4.39 Å². The normalized spacial score (nSPS) is 32.2. The summed E-state index contributed by atoms with van der Waals surface area (Å²) in [5.74, 6) is 2.31. The highest BCUT2D eigenvalue weighted by atomic mass is 19.1. The third-order valence-electron chi connectivity index (χ3n) is 5.36. The predicted molar refractivity (Wildman–Crippen MR) is 82.8 cm³/mol. The van der Waals surface area contributed by atoms with E-state index in [0.29, 0.717) is 17.8 Å². The van der Waals surface area contributed by atoms with E-state index >= 15 is 0 Å². The van der Waals surface area contributed by atoms with Crippen LogP contribution in [-0.4, -0.2) is 12.8 Å². The molecule has 3 heteroatoms. The first-order chi connectivity index (χ1) is 10.2. The van der Waals surface area contributed by atoms with Crippen molar-refractivity contribution < 1.29 is 9.23 Å². The average molecular weight is 289 g/mol. The monoisotopic (exact) mass is 289 g/mol. The Morgan fingerprint density at radius 3 is 2.67 bits per heavy atom. The van der Waals surface area contributed by atoms with Crippen LogP contribution < -0.4 is 0 Å². The van der Waals surface area contributed by atoms with Gasteiger partial charge in [-0.2, -0.15) is 0 Å². The molecule has 2 aliphatic carbocycles. The van der Waals surface area contributed by atoms with Gasteiger partial charge in [-0.05, 0) is 61.1 Å². The Balaban J connectivity index is 1.95. The van der Waals surface area contributed by atoms with Crippen LogP contribution in [0.5, 0.6) is 0 Å². The fraction of sp³-hybridized carbons (Fsp3) is 0.611. The van der Waals surface area contributed by atoms with Crippen LogP contribution in [0, 0.1) is 23.6 Å². The van der Waals surface area contributed by atoms with E-state index in [1.54, 1.807) is 19.2 Å². The molecule has 2 saturated carbocycles. The van der Waals surface area contributed by atoms with Crippen LogP contribution in [0.1, 0.15) is 50.5 Å². The molecule has 2 bridgehead atoms. The van der Waals surface area contributed by atoms with E-state index in [4.69, 9.17) is 4.84 Å².